The zero-order chi connectivity index (χ0) is 10.9. The van der Waals surface area contributed by atoms with Crippen LogP contribution in [0.15, 0.2) is 42.2 Å². The van der Waals surface area contributed by atoms with Gasteiger partial charge in [-0.15, -0.1) is 0 Å². The van der Waals surface area contributed by atoms with Gasteiger partial charge in [0.1, 0.15) is 6.33 Å². The topological polar surface area (TPSA) is 84.5 Å². The molecule has 2 rings (SSSR count). The molecule has 0 aromatic carbocycles. The Morgan fingerprint density at radius 1 is 1.33 bits per heavy atom. The summed E-state index contributed by atoms with van der Waals surface area (Å²) in [6.07, 6.45) is 9.56. The van der Waals surface area contributed by atoms with Gasteiger partial charge >= 0.3 is 6.03 Å². The summed E-state index contributed by atoms with van der Waals surface area (Å²) in [6.45, 7) is 0.478. The number of nitrogens with zero attached hydrogens (tertiary/aromatic N) is 4. The maximum absolute atomic E-state index is 10.4. The van der Waals surface area contributed by atoms with E-state index in [2.05, 4.69) is 15.0 Å². The maximum atomic E-state index is 10.4. The van der Waals surface area contributed by atoms with Crippen molar-refractivity contribution in [2.45, 2.75) is 0 Å². The lowest BCUT2D eigenvalue weighted by Gasteiger charge is -2.13. The van der Waals surface area contributed by atoms with E-state index in [4.69, 9.17) is 5.73 Å². The summed E-state index contributed by atoms with van der Waals surface area (Å²) in [4.78, 5) is 22.9. The maximum Gasteiger partial charge on any atom is 0.319 e. The first-order valence-electron chi connectivity index (χ1n) is 4.25. The van der Waals surface area contributed by atoms with Crippen molar-refractivity contribution in [1.29, 1.82) is 0 Å². The number of nitrogens with two attached hydrogens (primary N) is 1. The van der Waals surface area contributed by atoms with Crippen molar-refractivity contribution in [3.05, 3.63) is 37.2 Å². The zero-order valence-electron chi connectivity index (χ0n) is 8.02. The van der Waals surface area contributed by atoms with Crippen molar-refractivity contribution in [1.82, 2.24) is 14.9 Å². The van der Waals surface area contributed by atoms with E-state index < -0.39 is 6.03 Å². The minimum Gasteiger partial charge on any atom is -0.351 e. The first-order valence-corrected chi connectivity index (χ1v) is 4.25. The third kappa shape index (κ3) is 4.51. The van der Waals surface area contributed by atoms with E-state index in [1.54, 1.807) is 30.9 Å². The Morgan fingerprint density at radius 2 is 2.07 bits per heavy atom. The second-order valence-corrected chi connectivity index (χ2v) is 2.52. The van der Waals surface area contributed by atoms with Gasteiger partial charge in [0.25, 0.3) is 0 Å². The lowest BCUT2D eigenvalue weighted by molar-refractivity contribution is 0.229. The summed E-state index contributed by atoms with van der Waals surface area (Å²) in [7, 11) is 0. The number of aromatic nitrogens is 2. The fraction of sp³-hybridized carbons (Fsp3) is 0.111. The highest BCUT2D eigenvalue weighted by atomic mass is 16.2. The lowest BCUT2D eigenvalue weighted by atomic mass is 10.5. The minimum atomic E-state index is -0.447. The molecule has 0 radical (unpaired) electrons. The number of primary amides is 1. The van der Waals surface area contributed by atoms with Crippen molar-refractivity contribution in [3.63, 3.8) is 0 Å². The molecule has 15 heavy (non-hydrogen) atoms. The Morgan fingerprint density at radius 3 is 2.33 bits per heavy atom. The molecule has 2 heterocycles. The molecule has 0 saturated heterocycles. The van der Waals surface area contributed by atoms with E-state index in [0.717, 1.165) is 0 Å². The van der Waals surface area contributed by atoms with Gasteiger partial charge in [0.05, 0.1) is 6.54 Å². The molecule has 0 aliphatic carbocycles. The van der Waals surface area contributed by atoms with Crippen LogP contribution in [0.3, 0.4) is 0 Å². The predicted molar refractivity (Wildman–Crippen MR) is 56.0 cm³/mol. The molecule has 1 aromatic rings. The second kappa shape index (κ2) is 6.25. The normalized spacial score (nSPS) is 12.9. The van der Waals surface area contributed by atoms with Gasteiger partial charge in [-0.3, -0.25) is 9.89 Å². The number of carbonyl (C=O) groups excluding carboxylic acids is 1. The van der Waals surface area contributed by atoms with Gasteiger partial charge in [0, 0.05) is 31.0 Å². The Bertz CT molecular complexity index is 322. The van der Waals surface area contributed by atoms with Crippen LogP contribution >= 0.6 is 0 Å². The number of carbonyl (C=O) groups is 1. The molecule has 0 bridgehead atoms. The van der Waals surface area contributed by atoms with Crippen molar-refractivity contribution in [2.24, 2.45) is 10.7 Å². The van der Waals surface area contributed by atoms with Gasteiger partial charge in [-0.2, -0.15) is 0 Å². The van der Waals surface area contributed by atoms with Crippen LogP contribution in [0, 0.1) is 0 Å². The molecule has 1 aromatic heterocycles. The Labute approximate surface area is 87.2 Å². The number of hydrogen-bond acceptors (Lipinski definition) is 4. The summed E-state index contributed by atoms with van der Waals surface area (Å²) in [5, 5.41) is 0. The molecular formula is C9H11N5O. The number of hydrogen-bond donors (Lipinski definition) is 1. The average Bonchev–Trinajstić information content (AvgIpc) is 2.33. The van der Waals surface area contributed by atoms with Crippen LogP contribution in [0.4, 0.5) is 4.79 Å². The molecule has 6 nitrogen and oxygen atoms in total. The highest BCUT2D eigenvalue weighted by molar-refractivity contribution is 5.78. The molecule has 6 heteroatoms. The Kier molecular flexibility index (Phi) is 4.52. The van der Waals surface area contributed by atoms with Gasteiger partial charge in [-0.05, 0) is 6.07 Å². The first kappa shape index (κ1) is 10.8. The molecule has 0 spiro atoms. The third-order valence-corrected chi connectivity index (χ3v) is 1.48. The van der Waals surface area contributed by atoms with Gasteiger partial charge in [0.15, 0.2) is 0 Å². The van der Waals surface area contributed by atoms with Crippen LogP contribution in [-0.2, 0) is 0 Å². The van der Waals surface area contributed by atoms with E-state index in [-0.39, 0.29) is 0 Å². The summed E-state index contributed by atoms with van der Waals surface area (Å²) in [6, 6.07) is 1.33. The van der Waals surface area contributed by atoms with Crippen molar-refractivity contribution < 1.29 is 4.79 Å². The minimum absolute atomic E-state index is 0.447. The smallest absolute Gasteiger partial charge is 0.319 e. The van der Waals surface area contributed by atoms with Gasteiger partial charge in [0.2, 0.25) is 0 Å². The fourth-order valence-corrected chi connectivity index (χ4v) is 0.793. The standard InChI is InChI=1S/C5H7N3O.C4H4N2/c6-5(9)8-3-1-7-2-4-8;1-2-5-4-6-3-1/h1-3H,4H2,(H2,6,9);1-4H. The van der Waals surface area contributed by atoms with E-state index in [1.165, 1.54) is 17.4 Å². The summed E-state index contributed by atoms with van der Waals surface area (Å²) >= 11 is 0. The largest absolute Gasteiger partial charge is 0.351 e. The Hall–Kier alpha value is -2.24. The summed E-state index contributed by atoms with van der Waals surface area (Å²) in [5.74, 6) is 0. The van der Waals surface area contributed by atoms with Crippen LogP contribution in [0.25, 0.3) is 0 Å². The average molecular weight is 205 g/mol. The number of urea groups is 1. The van der Waals surface area contributed by atoms with Crippen molar-refractivity contribution in [2.75, 3.05) is 6.54 Å². The Balaban J connectivity index is 0.000000162. The van der Waals surface area contributed by atoms with Crippen LogP contribution in [-0.4, -0.2) is 33.7 Å². The van der Waals surface area contributed by atoms with Crippen LogP contribution in [0.1, 0.15) is 0 Å². The number of amides is 2. The molecule has 78 valence electrons. The lowest BCUT2D eigenvalue weighted by Crippen LogP contribution is -2.33. The zero-order valence-corrected chi connectivity index (χ0v) is 8.02. The van der Waals surface area contributed by atoms with E-state index >= 15 is 0 Å². The molecule has 0 fully saturated rings. The van der Waals surface area contributed by atoms with Crippen LogP contribution < -0.4 is 5.73 Å². The molecule has 1 aliphatic rings. The molecule has 0 saturated carbocycles. The molecular weight excluding hydrogens is 194 g/mol. The molecule has 2 N–H and O–H groups in total. The van der Waals surface area contributed by atoms with Crippen LogP contribution in [0.2, 0.25) is 0 Å². The molecule has 0 unspecified atom stereocenters. The van der Waals surface area contributed by atoms with Crippen molar-refractivity contribution in [3.8, 4) is 0 Å². The van der Waals surface area contributed by atoms with E-state index in [9.17, 15) is 4.79 Å². The van der Waals surface area contributed by atoms with Gasteiger partial charge in [-0.25, -0.2) is 14.8 Å². The quantitative estimate of drug-likeness (QED) is 0.665. The second-order valence-electron chi connectivity index (χ2n) is 2.52. The first-order chi connectivity index (χ1) is 7.30. The van der Waals surface area contributed by atoms with E-state index in [0.29, 0.717) is 6.54 Å². The fourth-order valence-electron chi connectivity index (χ4n) is 0.793. The van der Waals surface area contributed by atoms with E-state index in [1.807, 2.05) is 0 Å². The van der Waals surface area contributed by atoms with Gasteiger partial charge < -0.3 is 5.73 Å². The molecule has 2 amide bonds. The van der Waals surface area contributed by atoms with Gasteiger partial charge in [-0.1, -0.05) is 0 Å². The van der Waals surface area contributed by atoms with Crippen LogP contribution in [0.5, 0.6) is 0 Å². The predicted octanol–water partition coefficient (Wildman–Crippen LogP) is 0.399. The summed E-state index contributed by atoms with van der Waals surface area (Å²) < 4.78 is 0. The summed E-state index contributed by atoms with van der Waals surface area (Å²) in [5.41, 5.74) is 4.94. The highest BCUT2D eigenvalue weighted by Gasteiger charge is 2.04. The third-order valence-electron chi connectivity index (χ3n) is 1.48. The monoisotopic (exact) mass is 205 g/mol. The molecule has 0 atom stereocenters. The number of aliphatic imine (C=N–C) groups is 1. The number of rotatable bonds is 0. The van der Waals surface area contributed by atoms with Crippen molar-refractivity contribution >= 4 is 12.2 Å². The molecule has 1 aliphatic heterocycles. The highest BCUT2D eigenvalue weighted by Crippen LogP contribution is 1.92. The SMILES string of the molecule is NC(=O)N1C=CN=CC1.c1cncnc1.